The van der Waals surface area contributed by atoms with Crippen molar-refractivity contribution in [3.8, 4) is 0 Å². The van der Waals surface area contributed by atoms with Crippen molar-refractivity contribution in [1.82, 2.24) is 0 Å². The van der Waals surface area contributed by atoms with Crippen LogP contribution < -0.4 is 0 Å². The molecule has 2 atom stereocenters. The third-order valence-corrected chi connectivity index (χ3v) is 4.54. The van der Waals surface area contributed by atoms with Gasteiger partial charge in [0.25, 0.3) is 0 Å². The Morgan fingerprint density at radius 1 is 1.27 bits per heavy atom. The number of aliphatic hydroxyl groups excluding tert-OH is 2. The molecule has 0 aliphatic heterocycles. The van der Waals surface area contributed by atoms with Gasteiger partial charge in [0, 0.05) is 17.3 Å². The Bertz CT molecular complexity index is 161. The fourth-order valence-electron chi connectivity index (χ4n) is 0.625. The minimum absolute atomic E-state index is 0. The predicted octanol–water partition coefficient (Wildman–Crippen LogP) is 0.0744. The van der Waals surface area contributed by atoms with E-state index in [4.69, 9.17) is 14.8 Å². The molecule has 0 saturated carbocycles. The number of aliphatic hydroxyl groups is 2. The second-order valence-electron chi connectivity index (χ2n) is 2.68. The van der Waals surface area contributed by atoms with Gasteiger partial charge in [-0.25, -0.2) is 4.21 Å². The third kappa shape index (κ3) is 15.7. The molecule has 0 amide bonds. The van der Waals surface area contributed by atoms with Crippen molar-refractivity contribution in [2.75, 3.05) is 23.9 Å². The first-order chi connectivity index (χ1) is 6.66. The summed E-state index contributed by atoms with van der Waals surface area (Å²) in [6, 6.07) is 0. The van der Waals surface area contributed by atoms with E-state index in [0.29, 0.717) is 11.5 Å². The Morgan fingerprint density at radius 2 is 1.93 bits per heavy atom. The van der Waals surface area contributed by atoms with E-state index in [1.54, 1.807) is 10.8 Å². The summed E-state index contributed by atoms with van der Waals surface area (Å²) in [7, 11) is 3.13. The van der Waals surface area contributed by atoms with Crippen LogP contribution >= 0.6 is 21.6 Å². The molecular formula is C7H17NaO4S3. The van der Waals surface area contributed by atoms with Crippen LogP contribution in [-0.4, -0.2) is 78.5 Å². The Morgan fingerprint density at radius 3 is 2.47 bits per heavy atom. The van der Waals surface area contributed by atoms with Gasteiger partial charge in [0.1, 0.15) is 0 Å². The van der Waals surface area contributed by atoms with Crippen LogP contribution in [0, 0.1) is 0 Å². The summed E-state index contributed by atoms with van der Waals surface area (Å²) < 4.78 is 18.7. The van der Waals surface area contributed by atoms with Crippen molar-refractivity contribution in [2.24, 2.45) is 0 Å². The molecule has 3 N–H and O–H groups in total. The summed E-state index contributed by atoms with van der Waals surface area (Å²) in [5.74, 6) is 1.76. The van der Waals surface area contributed by atoms with Crippen molar-refractivity contribution < 1.29 is 19.0 Å². The molecule has 0 aliphatic carbocycles. The van der Waals surface area contributed by atoms with Crippen LogP contribution in [-0.2, 0) is 11.1 Å². The Balaban J connectivity index is 0. The van der Waals surface area contributed by atoms with E-state index in [1.165, 1.54) is 10.8 Å². The number of hydrogen-bond acceptors (Lipinski definition) is 5. The Labute approximate surface area is 123 Å². The number of hydrogen-bond donors (Lipinski definition) is 3. The standard InChI is InChI=1S/C7H16O4S3.Na.H/c8-5-7(9)6-13-12-3-1-2-4-14(10)11;;/h7-9H,1-6H2,(H,10,11);;. The average Bonchev–Trinajstić information content (AvgIpc) is 2.15. The quantitative estimate of drug-likeness (QED) is 0.241. The van der Waals surface area contributed by atoms with Gasteiger partial charge in [-0.2, -0.15) is 0 Å². The van der Waals surface area contributed by atoms with Crippen LogP contribution in [0.4, 0.5) is 0 Å². The van der Waals surface area contributed by atoms with Crippen molar-refractivity contribution in [1.29, 1.82) is 0 Å². The van der Waals surface area contributed by atoms with Crippen molar-refractivity contribution >= 4 is 62.2 Å². The van der Waals surface area contributed by atoms with Crippen LogP contribution in [0.2, 0.25) is 0 Å². The van der Waals surface area contributed by atoms with E-state index in [1.807, 2.05) is 0 Å². The zero-order chi connectivity index (χ0) is 10.8. The average molecular weight is 284 g/mol. The molecule has 0 radical (unpaired) electrons. The minimum atomic E-state index is -1.67. The molecule has 0 aromatic rings. The fraction of sp³-hybridized carbons (Fsp3) is 1.00. The van der Waals surface area contributed by atoms with Gasteiger partial charge in [-0.1, -0.05) is 21.6 Å². The van der Waals surface area contributed by atoms with Crippen molar-refractivity contribution in [3.63, 3.8) is 0 Å². The molecule has 88 valence electrons. The molecule has 0 aromatic heterocycles. The summed E-state index contributed by atoms with van der Waals surface area (Å²) in [4.78, 5) is 0. The summed E-state index contributed by atoms with van der Waals surface area (Å²) >= 11 is -1.67. The van der Waals surface area contributed by atoms with Gasteiger partial charge in [-0.3, -0.25) is 0 Å². The molecule has 0 bridgehead atoms. The first-order valence-corrected chi connectivity index (χ1v) is 8.04. The van der Waals surface area contributed by atoms with E-state index >= 15 is 0 Å². The summed E-state index contributed by atoms with van der Waals surface area (Å²) in [5, 5.41) is 17.5. The van der Waals surface area contributed by atoms with Gasteiger partial charge in [-0.05, 0) is 12.8 Å². The Kier molecular flexibility index (Phi) is 17.5. The second-order valence-corrected chi connectivity index (χ2v) is 6.35. The van der Waals surface area contributed by atoms with E-state index in [9.17, 15) is 4.21 Å². The molecule has 0 heterocycles. The Hall–Kier alpha value is 1.73. The van der Waals surface area contributed by atoms with Crippen LogP contribution in [0.1, 0.15) is 12.8 Å². The predicted molar refractivity (Wildman–Crippen MR) is 70.0 cm³/mol. The third-order valence-electron chi connectivity index (χ3n) is 1.35. The molecule has 15 heavy (non-hydrogen) atoms. The maximum atomic E-state index is 10.3. The molecule has 4 nitrogen and oxygen atoms in total. The molecule has 0 spiro atoms. The van der Waals surface area contributed by atoms with Gasteiger partial charge < -0.3 is 14.8 Å². The maximum absolute atomic E-state index is 10.3. The van der Waals surface area contributed by atoms with Gasteiger partial charge in [-0.15, -0.1) is 0 Å². The molecule has 0 aliphatic rings. The van der Waals surface area contributed by atoms with Crippen LogP contribution in [0.5, 0.6) is 0 Å². The van der Waals surface area contributed by atoms with Crippen molar-refractivity contribution in [3.05, 3.63) is 0 Å². The van der Waals surface area contributed by atoms with Gasteiger partial charge >= 0.3 is 29.6 Å². The molecule has 0 rings (SSSR count). The van der Waals surface area contributed by atoms with E-state index in [-0.39, 0.29) is 36.2 Å². The molecule has 8 heteroatoms. The van der Waals surface area contributed by atoms with Gasteiger partial charge in [0.15, 0.2) is 11.1 Å². The van der Waals surface area contributed by atoms with E-state index < -0.39 is 17.2 Å². The summed E-state index contributed by atoms with van der Waals surface area (Å²) in [6.07, 6.45) is 1.01. The molecule has 0 saturated heterocycles. The molecule has 2 unspecified atom stereocenters. The first kappa shape index (κ1) is 19.1. The topological polar surface area (TPSA) is 77.8 Å². The van der Waals surface area contributed by atoms with E-state index in [0.717, 1.165) is 18.6 Å². The van der Waals surface area contributed by atoms with Gasteiger partial charge in [0.05, 0.1) is 12.7 Å². The first-order valence-electron chi connectivity index (χ1n) is 4.27. The normalized spacial score (nSPS) is 14.3. The summed E-state index contributed by atoms with van der Waals surface area (Å²) in [6.45, 7) is -0.197. The van der Waals surface area contributed by atoms with Crippen LogP contribution in [0.3, 0.4) is 0 Å². The van der Waals surface area contributed by atoms with Crippen LogP contribution in [0.15, 0.2) is 0 Å². The molecule has 0 fully saturated rings. The van der Waals surface area contributed by atoms with Gasteiger partial charge in [0.2, 0.25) is 0 Å². The van der Waals surface area contributed by atoms with E-state index in [2.05, 4.69) is 0 Å². The SMILES string of the molecule is O=S(O)CCCCSSCC(O)CO.[NaH]. The molecule has 0 aromatic carbocycles. The van der Waals surface area contributed by atoms with Crippen molar-refractivity contribution in [2.45, 2.75) is 18.9 Å². The zero-order valence-corrected chi connectivity index (χ0v) is 10.2. The molecular weight excluding hydrogens is 267 g/mol. The monoisotopic (exact) mass is 284 g/mol. The fourth-order valence-corrected chi connectivity index (χ4v) is 3.34. The zero-order valence-electron chi connectivity index (χ0n) is 7.79. The second kappa shape index (κ2) is 13.8. The van der Waals surface area contributed by atoms with Crippen LogP contribution in [0.25, 0.3) is 0 Å². The summed E-state index contributed by atoms with van der Waals surface area (Å²) in [5.41, 5.74) is 0. The number of unbranched alkanes of at least 4 members (excludes halogenated alkanes) is 1. The number of rotatable bonds is 9.